The SMILES string of the molecule is Cc1ccc(S(=O)(=O)NC(Cc2ccccc2)C(=O)NCc2cccc(-c3ccc(C4OC(CSc5nc6ccccc6s5)C(C)C(c5ccc(CO)cc5)O4)cc3)c2)cc1. The van der Waals surface area contributed by atoms with Gasteiger partial charge in [0, 0.05) is 23.8 Å². The fraction of sp³-hybridized carbons (Fsp3) is 0.224. The number of carbonyl (C=O) groups is 1. The van der Waals surface area contributed by atoms with Crippen LogP contribution in [0.5, 0.6) is 0 Å². The van der Waals surface area contributed by atoms with Gasteiger partial charge in [-0.1, -0.05) is 146 Å². The molecule has 1 saturated heterocycles. The van der Waals surface area contributed by atoms with Crippen molar-refractivity contribution in [1.82, 2.24) is 15.0 Å². The first-order valence-corrected chi connectivity index (χ1v) is 23.5. The van der Waals surface area contributed by atoms with Crippen LogP contribution in [0.4, 0.5) is 0 Å². The number of aliphatic hydroxyl groups excluding tert-OH is 1. The number of nitrogens with zero attached hydrogens (tertiary/aromatic N) is 1. The standard InChI is InChI=1S/C49H47N3O6S3/c1-32-15-25-41(26-16-32)61(55,56)52-43(28-34-9-4-3-5-10-34)47(54)50-29-36-11-8-12-40(27-36)37-21-23-39(24-22-37)48-57-44(31-59-49-51-42-13-6-7-14-45(42)60-49)33(2)46(58-48)38-19-17-35(30-53)18-20-38/h3-27,33,43-44,46,48,52-53H,28-31H2,1-2H3,(H,50,54). The minimum Gasteiger partial charge on any atom is -0.392 e. The third kappa shape index (κ3) is 10.5. The first-order chi connectivity index (χ1) is 29.6. The molecule has 1 aliphatic heterocycles. The maximum absolute atomic E-state index is 13.7. The minimum absolute atomic E-state index is 0.0213. The molecule has 0 bridgehead atoms. The maximum Gasteiger partial charge on any atom is 0.241 e. The lowest BCUT2D eigenvalue weighted by Crippen LogP contribution is -2.47. The molecule has 9 nitrogen and oxygen atoms in total. The molecule has 12 heteroatoms. The second-order valence-corrected chi connectivity index (χ2v) is 19.3. The number of benzene rings is 6. The summed E-state index contributed by atoms with van der Waals surface area (Å²) in [5.41, 5.74) is 8.35. The fourth-order valence-corrected chi connectivity index (χ4v) is 10.8. The predicted octanol–water partition coefficient (Wildman–Crippen LogP) is 9.55. The van der Waals surface area contributed by atoms with Crippen LogP contribution in [-0.2, 0) is 43.9 Å². The first-order valence-electron chi connectivity index (χ1n) is 20.2. The lowest BCUT2D eigenvalue weighted by molar-refractivity contribution is -0.268. The van der Waals surface area contributed by atoms with E-state index < -0.39 is 28.3 Å². The molecule has 0 spiro atoms. The van der Waals surface area contributed by atoms with Crippen LogP contribution in [0.1, 0.15) is 52.7 Å². The number of fused-ring (bicyclic) bond motifs is 1. The highest BCUT2D eigenvalue weighted by molar-refractivity contribution is 8.01. The number of hydrogen-bond donors (Lipinski definition) is 3. The van der Waals surface area contributed by atoms with Gasteiger partial charge < -0.3 is 19.9 Å². The number of aliphatic hydroxyl groups is 1. The Balaban J connectivity index is 0.961. The van der Waals surface area contributed by atoms with Gasteiger partial charge in [0.2, 0.25) is 15.9 Å². The number of hydrogen-bond acceptors (Lipinski definition) is 9. The number of carbonyl (C=O) groups excluding carboxylic acids is 1. The Kier molecular flexibility index (Phi) is 13.4. The highest BCUT2D eigenvalue weighted by atomic mass is 32.2. The molecule has 0 saturated carbocycles. The van der Waals surface area contributed by atoms with Crippen LogP contribution >= 0.6 is 23.1 Å². The van der Waals surface area contributed by atoms with E-state index in [2.05, 4.69) is 23.0 Å². The zero-order valence-electron chi connectivity index (χ0n) is 33.8. The molecule has 1 aliphatic rings. The number of nitrogens with one attached hydrogen (secondary N) is 2. The topological polar surface area (TPSA) is 127 Å². The highest BCUT2D eigenvalue weighted by Crippen LogP contribution is 2.44. The molecule has 2 heterocycles. The molecule has 1 aromatic heterocycles. The molecule has 6 aromatic carbocycles. The van der Waals surface area contributed by atoms with E-state index in [9.17, 15) is 18.3 Å². The van der Waals surface area contributed by atoms with Crippen molar-refractivity contribution in [2.75, 3.05) is 5.75 Å². The number of thiazole rings is 1. The van der Waals surface area contributed by atoms with Gasteiger partial charge in [0.25, 0.3) is 0 Å². The summed E-state index contributed by atoms with van der Waals surface area (Å²) < 4.78 is 45.0. The van der Waals surface area contributed by atoms with Crippen LogP contribution in [0.15, 0.2) is 161 Å². The van der Waals surface area contributed by atoms with Crippen molar-refractivity contribution < 1.29 is 27.8 Å². The molecule has 0 radical (unpaired) electrons. The van der Waals surface area contributed by atoms with E-state index in [-0.39, 0.29) is 42.6 Å². The van der Waals surface area contributed by atoms with Crippen molar-refractivity contribution >= 4 is 49.2 Å². The van der Waals surface area contributed by atoms with Gasteiger partial charge in [0.1, 0.15) is 6.04 Å². The quantitative estimate of drug-likeness (QED) is 0.0871. The monoisotopic (exact) mass is 869 g/mol. The summed E-state index contributed by atoms with van der Waals surface area (Å²) in [7, 11) is -3.96. The van der Waals surface area contributed by atoms with E-state index in [4.69, 9.17) is 14.5 Å². The summed E-state index contributed by atoms with van der Waals surface area (Å²) in [5.74, 6) is 0.331. The second kappa shape index (κ2) is 19.3. The highest BCUT2D eigenvalue weighted by Gasteiger charge is 2.38. The number of amides is 1. The van der Waals surface area contributed by atoms with Gasteiger partial charge >= 0.3 is 0 Å². The third-order valence-corrected chi connectivity index (χ3v) is 14.7. The van der Waals surface area contributed by atoms with E-state index in [1.165, 1.54) is 0 Å². The number of rotatable bonds is 15. The Morgan fingerprint density at radius 3 is 2.23 bits per heavy atom. The van der Waals surface area contributed by atoms with E-state index >= 15 is 0 Å². The fourth-order valence-electron chi connectivity index (χ4n) is 7.39. The molecule has 3 N–H and O–H groups in total. The molecule has 61 heavy (non-hydrogen) atoms. The van der Waals surface area contributed by atoms with Crippen LogP contribution < -0.4 is 10.0 Å². The molecule has 1 fully saturated rings. The zero-order chi connectivity index (χ0) is 42.3. The van der Waals surface area contributed by atoms with Crippen molar-refractivity contribution in [3.05, 3.63) is 185 Å². The summed E-state index contributed by atoms with van der Waals surface area (Å²) in [5, 5.41) is 12.6. The maximum atomic E-state index is 13.7. The van der Waals surface area contributed by atoms with Crippen LogP contribution in [-0.4, -0.2) is 42.3 Å². The molecule has 1 amide bonds. The van der Waals surface area contributed by atoms with Crippen LogP contribution in [0.3, 0.4) is 0 Å². The lowest BCUT2D eigenvalue weighted by atomic mass is 9.91. The Morgan fingerprint density at radius 1 is 0.787 bits per heavy atom. The summed E-state index contributed by atoms with van der Waals surface area (Å²) >= 11 is 3.39. The largest absolute Gasteiger partial charge is 0.392 e. The van der Waals surface area contributed by atoms with Crippen molar-refractivity contribution in [2.45, 2.75) is 67.2 Å². The molecule has 0 aliphatic carbocycles. The average molecular weight is 870 g/mol. The van der Waals surface area contributed by atoms with Gasteiger partial charge in [0.05, 0.1) is 33.9 Å². The van der Waals surface area contributed by atoms with Gasteiger partial charge in [0.15, 0.2) is 10.6 Å². The number of aromatic nitrogens is 1. The molecule has 8 rings (SSSR count). The Bertz CT molecular complexity index is 2640. The molecular weight excluding hydrogens is 823 g/mol. The van der Waals surface area contributed by atoms with E-state index in [1.807, 2.05) is 128 Å². The normalized spacial score (nSPS) is 18.5. The van der Waals surface area contributed by atoms with Gasteiger partial charge in [-0.05, 0) is 77.1 Å². The Morgan fingerprint density at radius 2 is 1.49 bits per heavy atom. The predicted molar refractivity (Wildman–Crippen MR) is 242 cm³/mol. The van der Waals surface area contributed by atoms with Gasteiger partial charge in [-0.2, -0.15) is 4.72 Å². The van der Waals surface area contributed by atoms with Crippen LogP contribution in [0.2, 0.25) is 0 Å². The molecule has 7 aromatic rings. The number of sulfonamides is 1. The van der Waals surface area contributed by atoms with Crippen LogP contribution in [0, 0.1) is 12.8 Å². The molecule has 312 valence electrons. The Labute approximate surface area is 365 Å². The van der Waals surface area contributed by atoms with Gasteiger partial charge in [-0.25, -0.2) is 13.4 Å². The molecule has 5 unspecified atom stereocenters. The minimum atomic E-state index is -3.96. The van der Waals surface area contributed by atoms with E-state index in [0.29, 0.717) is 5.75 Å². The number of aryl methyl sites for hydroxylation is 1. The van der Waals surface area contributed by atoms with Crippen molar-refractivity contribution in [3.8, 4) is 11.1 Å². The van der Waals surface area contributed by atoms with E-state index in [0.717, 1.165) is 59.1 Å². The summed E-state index contributed by atoms with van der Waals surface area (Å²) in [4.78, 5) is 18.6. The van der Waals surface area contributed by atoms with Crippen molar-refractivity contribution in [3.63, 3.8) is 0 Å². The van der Waals surface area contributed by atoms with Crippen molar-refractivity contribution in [2.24, 2.45) is 5.92 Å². The number of ether oxygens (including phenoxy) is 2. The summed E-state index contributed by atoms with van der Waals surface area (Å²) in [6.07, 6.45) is -0.779. The molecular formula is C49H47N3O6S3. The Hall–Kier alpha value is -5.18. The smallest absolute Gasteiger partial charge is 0.241 e. The van der Waals surface area contributed by atoms with Crippen molar-refractivity contribution in [1.29, 1.82) is 0 Å². The first kappa shape index (κ1) is 42.5. The summed E-state index contributed by atoms with van der Waals surface area (Å²) in [6, 6.07) is 47.1. The van der Waals surface area contributed by atoms with E-state index in [1.54, 1.807) is 47.4 Å². The third-order valence-electron chi connectivity index (χ3n) is 10.9. The van der Waals surface area contributed by atoms with Crippen LogP contribution in [0.25, 0.3) is 21.3 Å². The number of para-hydroxylation sites is 1. The van der Waals surface area contributed by atoms with Gasteiger partial charge in [-0.3, -0.25) is 4.79 Å². The molecule has 5 atom stereocenters. The lowest BCUT2D eigenvalue weighted by Gasteiger charge is -2.41. The second-order valence-electron chi connectivity index (χ2n) is 15.3. The average Bonchev–Trinajstić information content (AvgIpc) is 3.71. The summed E-state index contributed by atoms with van der Waals surface area (Å²) in [6.45, 7) is 4.24. The van der Waals surface area contributed by atoms with Gasteiger partial charge in [-0.15, -0.1) is 11.3 Å². The number of thioether (sulfide) groups is 1. The zero-order valence-corrected chi connectivity index (χ0v) is 36.3.